The van der Waals surface area contributed by atoms with Gasteiger partial charge in [-0.25, -0.2) is 0 Å². The molecule has 1 saturated heterocycles. The molecule has 0 bridgehead atoms. The van der Waals surface area contributed by atoms with E-state index in [2.05, 4.69) is 62.2 Å². The van der Waals surface area contributed by atoms with E-state index in [1.54, 1.807) is 0 Å². The fraction of sp³-hybridized carbons (Fsp3) is 0.647. The number of hydrogen-bond donors (Lipinski definition) is 1. The monoisotopic (exact) mass is 291 g/mol. The Morgan fingerprint density at radius 3 is 2.50 bits per heavy atom. The van der Waals surface area contributed by atoms with Crippen LogP contribution < -0.4 is 0 Å². The summed E-state index contributed by atoms with van der Waals surface area (Å²) in [4.78, 5) is 13.0. The van der Waals surface area contributed by atoms with Crippen LogP contribution in [-0.4, -0.2) is 31.1 Å². The van der Waals surface area contributed by atoms with E-state index >= 15 is 0 Å². The number of benzene rings is 1. The summed E-state index contributed by atoms with van der Waals surface area (Å²) in [7, 11) is -2.07. The van der Waals surface area contributed by atoms with Crippen molar-refractivity contribution in [1.82, 2.24) is 4.90 Å². The first-order valence-corrected chi connectivity index (χ1v) is 10.7. The maximum absolute atomic E-state index is 10.4. The van der Waals surface area contributed by atoms with Crippen molar-refractivity contribution in [3.8, 4) is 0 Å². The van der Waals surface area contributed by atoms with Gasteiger partial charge in [-0.2, -0.15) is 0 Å². The van der Waals surface area contributed by atoms with Gasteiger partial charge in [0.05, 0.1) is 0 Å². The summed E-state index contributed by atoms with van der Waals surface area (Å²) in [5.41, 5.74) is 1.41. The zero-order chi connectivity index (χ0) is 14.8. The molecule has 3 heteroatoms. The number of nitrogens with zero attached hydrogens (tertiary/aromatic N) is 1. The molecule has 1 atom stereocenters. The maximum atomic E-state index is 10.4. The van der Waals surface area contributed by atoms with E-state index < -0.39 is 8.32 Å². The molecule has 0 spiro atoms. The zero-order valence-electron chi connectivity index (χ0n) is 13.4. The minimum Gasteiger partial charge on any atom is -0.432 e. The summed E-state index contributed by atoms with van der Waals surface area (Å²) in [6.07, 6.45) is 2.44. The largest absolute Gasteiger partial charge is 0.432 e. The SMILES string of the molecule is CC(C)(CC1CCN(Cc2ccccc2)C1)[Si](C)(C)O. The van der Waals surface area contributed by atoms with Crippen molar-refractivity contribution in [2.75, 3.05) is 13.1 Å². The highest BCUT2D eigenvalue weighted by Crippen LogP contribution is 2.43. The van der Waals surface area contributed by atoms with E-state index in [0.717, 1.165) is 18.9 Å². The first-order chi connectivity index (χ1) is 9.28. The molecule has 1 unspecified atom stereocenters. The average molecular weight is 292 g/mol. The quantitative estimate of drug-likeness (QED) is 0.832. The zero-order valence-corrected chi connectivity index (χ0v) is 14.4. The second-order valence-electron chi connectivity index (χ2n) is 7.52. The van der Waals surface area contributed by atoms with Crippen LogP contribution in [0.1, 0.15) is 32.3 Å². The van der Waals surface area contributed by atoms with Gasteiger partial charge < -0.3 is 4.80 Å². The van der Waals surface area contributed by atoms with Crippen LogP contribution in [0.4, 0.5) is 0 Å². The lowest BCUT2D eigenvalue weighted by Crippen LogP contribution is -2.40. The van der Waals surface area contributed by atoms with Gasteiger partial charge in [-0.1, -0.05) is 44.2 Å². The smallest absolute Gasteiger partial charge is 0.188 e. The minimum absolute atomic E-state index is 0.112. The molecule has 1 aliphatic rings. The standard InChI is InChI=1S/C17H29NOSi/c1-17(2,20(3,4)19)12-16-10-11-18(14-16)13-15-8-6-5-7-9-15/h5-9,16,19H,10-14H2,1-4H3. The molecule has 1 N–H and O–H groups in total. The van der Waals surface area contributed by atoms with E-state index in [1.165, 1.54) is 25.1 Å². The molecule has 0 aliphatic carbocycles. The summed E-state index contributed by atoms with van der Waals surface area (Å²) >= 11 is 0. The third-order valence-electron chi connectivity index (χ3n) is 5.07. The van der Waals surface area contributed by atoms with Crippen LogP contribution in [0, 0.1) is 5.92 Å². The Kier molecular flexibility index (Phi) is 4.72. The van der Waals surface area contributed by atoms with Crippen LogP contribution in [0.5, 0.6) is 0 Å². The molecule has 0 saturated carbocycles. The summed E-state index contributed by atoms with van der Waals surface area (Å²) < 4.78 is 0. The van der Waals surface area contributed by atoms with Crippen LogP contribution in [0.25, 0.3) is 0 Å². The lowest BCUT2D eigenvalue weighted by molar-refractivity contribution is 0.302. The highest BCUT2D eigenvalue weighted by molar-refractivity contribution is 6.72. The Morgan fingerprint density at radius 1 is 1.25 bits per heavy atom. The Morgan fingerprint density at radius 2 is 1.90 bits per heavy atom. The van der Waals surface area contributed by atoms with E-state index in [9.17, 15) is 4.80 Å². The Bertz CT molecular complexity index is 424. The van der Waals surface area contributed by atoms with Crippen LogP contribution in [-0.2, 0) is 6.54 Å². The van der Waals surface area contributed by atoms with Crippen molar-refractivity contribution < 1.29 is 4.80 Å². The molecule has 1 aromatic carbocycles. The van der Waals surface area contributed by atoms with E-state index in [1.807, 2.05) is 0 Å². The lowest BCUT2D eigenvalue weighted by atomic mass is 9.95. The molecule has 0 aromatic heterocycles. The summed E-state index contributed by atoms with van der Waals surface area (Å²) in [6.45, 7) is 12.1. The van der Waals surface area contributed by atoms with E-state index in [4.69, 9.17) is 0 Å². The predicted molar refractivity (Wildman–Crippen MR) is 88.2 cm³/mol. The number of rotatable bonds is 5. The molecule has 1 heterocycles. The molecule has 2 rings (SSSR count). The van der Waals surface area contributed by atoms with E-state index in [-0.39, 0.29) is 5.04 Å². The second-order valence-corrected chi connectivity index (χ2v) is 12.0. The topological polar surface area (TPSA) is 23.5 Å². The van der Waals surface area contributed by atoms with Crippen LogP contribution in [0.3, 0.4) is 0 Å². The summed E-state index contributed by atoms with van der Waals surface area (Å²) in [5, 5.41) is 0.112. The molecule has 1 fully saturated rings. The lowest BCUT2D eigenvalue weighted by Gasteiger charge is -2.37. The average Bonchev–Trinajstić information content (AvgIpc) is 2.75. The molecule has 0 amide bonds. The number of hydrogen-bond acceptors (Lipinski definition) is 2. The fourth-order valence-corrected chi connectivity index (χ4v) is 3.82. The van der Waals surface area contributed by atoms with Gasteiger partial charge in [0.25, 0.3) is 0 Å². The third-order valence-corrected chi connectivity index (χ3v) is 8.59. The molecule has 1 aromatic rings. The van der Waals surface area contributed by atoms with Crippen LogP contribution in [0.15, 0.2) is 30.3 Å². The summed E-state index contributed by atoms with van der Waals surface area (Å²) in [6, 6.07) is 10.7. The van der Waals surface area contributed by atoms with Crippen molar-refractivity contribution in [2.45, 2.75) is 51.4 Å². The molecule has 2 nitrogen and oxygen atoms in total. The fourth-order valence-electron chi connectivity index (χ4n) is 3.04. The van der Waals surface area contributed by atoms with Gasteiger partial charge >= 0.3 is 0 Å². The Labute approximate surface area is 124 Å². The van der Waals surface area contributed by atoms with Crippen molar-refractivity contribution >= 4 is 8.32 Å². The molecule has 1 aliphatic heterocycles. The van der Waals surface area contributed by atoms with Crippen molar-refractivity contribution in [3.05, 3.63) is 35.9 Å². The van der Waals surface area contributed by atoms with Gasteiger partial charge in [0, 0.05) is 13.1 Å². The van der Waals surface area contributed by atoms with Crippen LogP contribution >= 0.6 is 0 Å². The van der Waals surface area contributed by atoms with Gasteiger partial charge in [0.1, 0.15) is 0 Å². The van der Waals surface area contributed by atoms with Crippen molar-refractivity contribution in [2.24, 2.45) is 5.92 Å². The summed E-state index contributed by atoms with van der Waals surface area (Å²) in [5.74, 6) is 0.743. The third kappa shape index (κ3) is 3.93. The maximum Gasteiger partial charge on any atom is 0.188 e. The van der Waals surface area contributed by atoms with Crippen LogP contribution in [0.2, 0.25) is 18.1 Å². The Balaban J connectivity index is 1.87. The molecule has 20 heavy (non-hydrogen) atoms. The first kappa shape index (κ1) is 15.7. The first-order valence-electron chi connectivity index (χ1n) is 7.76. The van der Waals surface area contributed by atoms with Gasteiger partial charge in [-0.05, 0) is 49.0 Å². The highest BCUT2D eigenvalue weighted by atomic mass is 28.4. The molecular formula is C17H29NOSi. The molecule has 112 valence electrons. The van der Waals surface area contributed by atoms with Gasteiger partial charge in [-0.15, -0.1) is 0 Å². The normalized spacial score (nSPS) is 21.4. The van der Waals surface area contributed by atoms with Crippen molar-refractivity contribution in [3.63, 3.8) is 0 Å². The van der Waals surface area contributed by atoms with Gasteiger partial charge in [0.15, 0.2) is 8.32 Å². The molecular weight excluding hydrogens is 262 g/mol. The van der Waals surface area contributed by atoms with Gasteiger partial charge in [-0.3, -0.25) is 4.90 Å². The number of likely N-dealkylation sites (tertiary alicyclic amines) is 1. The molecule has 0 radical (unpaired) electrons. The minimum atomic E-state index is -2.07. The predicted octanol–water partition coefficient (Wildman–Crippen LogP) is 3.88. The highest BCUT2D eigenvalue weighted by Gasteiger charge is 2.40. The second kappa shape index (κ2) is 6.00. The van der Waals surface area contributed by atoms with E-state index in [0.29, 0.717) is 0 Å². The van der Waals surface area contributed by atoms with Crippen molar-refractivity contribution in [1.29, 1.82) is 0 Å². The van der Waals surface area contributed by atoms with Gasteiger partial charge in [0.2, 0.25) is 0 Å². The Hall–Kier alpha value is -0.643.